The van der Waals surface area contributed by atoms with Crippen LogP contribution < -0.4 is 4.74 Å². The first-order chi connectivity index (χ1) is 15.1. The summed E-state index contributed by atoms with van der Waals surface area (Å²) in [5.74, 6) is 0.857. The second kappa shape index (κ2) is 7.66. The third-order valence-electron chi connectivity index (χ3n) is 7.07. The van der Waals surface area contributed by atoms with Gasteiger partial charge >= 0.3 is 0 Å². The number of piperidine rings is 1. The smallest absolute Gasteiger partial charge is 0.255 e. The minimum Gasteiger partial charge on any atom is -0.497 e. The number of ether oxygens (including phenoxy) is 1. The molecule has 1 spiro atoms. The molecule has 2 aromatic heterocycles. The molecule has 2 aliphatic heterocycles. The molecule has 4 heterocycles. The predicted molar refractivity (Wildman–Crippen MR) is 118 cm³/mol. The van der Waals surface area contributed by atoms with Crippen molar-refractivity contribution in [1.82, 2.24) is 19.8 Å². The van der Waals surface area contributed by atoms with Gasteiger partial charge in [0, 0.05) is 60.1 Å². The van der Waals surface area contributed by atoms with Crippen LogP contribution in [0.2, 0.25) is 0 Å². The van der Waals surface area contributed by atoms with Gasteiger partial charge in [-0.2, -0.15) is 0 Å². The van der Waals surface area contributed by atoms with Crippen molar-refractivity contribution in [3.8, 4) is 5.75 Å². The Bertz CT molecular complexity index is 1100. The van der Waals surface area contributed by atoms with Crippen LogP contribution in [-0.2, 0) is 5.41 Å². The molecule has 0 unspecified atom stereocenters. The van der Waals surface area contributed by atoms with Gasteiger partial charge in [0.25, 0.3) is 5.91 Å². The number of nitrogens with zero attached hydrogens (tertiary/aromatic N) is 3. The van der Waals surface area contributed by atoms with E-state index in [2.05, 4.69) is 28.0 Å². The van der Waals surface area contributed by atoms with Crippen LogP contribution in [0, 0.1) is 0 Å². The van der Waals surface area contributed by atoms with Gasteiger partial charge < -0.3 is 19.7 Å². The van der Waals surface area contributed by atoms with E-state index in [1.165, 1.54) is 10.9 Å². The molecule has 2 aliphatic rings. The number of hydrogen-bond donors (Lipinski definition) is 2. The number of hydrogen-bond acceptors (Lipinski definition) is 5. The third-order valence-corrected chi connectivity index (χ3v) is 7.07. The van der Waals surface area contributed by atoms with E-state index >= 15 is 0 Å². The lowest BCUT2D eigenvalue weighted by Crippen LogP contribution is -2.53. The fraction of sp³-hybridized carbons (Fsp3) is 0.417. The van der Waals surface area contributed by atoms with Gasteiger partial charge in [0.1, 0.15) is 5.75 Å². The highest BCUT2D eigenvalue weighted by atomic mass is 16.5. The lowest BCUT2D eigenvalue weighted by Gasteiger charge is -2.49. The average Bonchev–Trinajstić information content (AvgIpc) is 3.19. The monoisotopic (exact) mass is 420 g/mol. The Labute approximate surface area is 181 Å². The fourth-order valence-corrected chi connectivity index (χ4v) is 5.48. The Morgan fingerprint density at radius 1 is 1.32 bits per heavy atom. The normalized spacial score (nSPS) is 20.7. The number of amides is 1. The zero-order valence-electron chi connectivity index (χ0n) is 18.0. The molecule has 162 valence electrons. The number of H-pyrrole nitrogens is 1. The standard InChI is InChI=1S/C24H28N4O3/c1-27-15-24(7-10-28(11-8-24)23(30)16-4-3-9-25-13-16)21-18-6-5-17(31-2)12-19(18)26-22(21)20(27)14-29/h3-6,9,12-13,20,26,29H,7-8,10-11,14-15H2,1-2H3/t20-/m0/s1. The van der Waals surface area contributed by atoms with Crippen LogP contribution in [0.4, 0.5) is 0 Å². The van der Waals surface area contributed by atoms with Crippen LogP contribution >= 0.6 is 0 Å². The highest BCUT2D eigenvalue weighted by Gasteiger charge is 2.46. The summed E-state index contributed by atoms with van der Waals surface area (Å²) in [5, 5.41) is 11.3. The number of pyridine rings is 1. The maximum atomic E-state index is 12.9. The summed E-state index contributed by atoms with van der Waals surface area (Å²) in [6.07, 6.45) is 5.09. The number of fused-ring (bicyclic) bond motifs is 4. The van der Waals surface area contributed by atoms with Crippen molar-refractivity contribution >= 4 is 16.8 Å². The number of benzene rings is 1. The molecule has 2 N–H and O–H groups in total. The Hall–Kier alpha value is -2.90. The SMILES string of the molecule is COc1ccc2c3c([nH]c2c1)[C@H](CO)N(C)CC31CCN(C(=O)c2cccnc2)CC1. The van der Waals surface area contributed by atoms with Crippen LogP contribution in [-0.4, -0.2) is 71.2 Å². The fourth-order valence-electron chi connectivity index (χ4n) is 5.48. The Balaban J connectivity index is 1.51. The molecule has 0 saturated carbocycles. The first-order valence-electron chi connectivity index (χ1n) is 10.8. The molecule has 7 nitrogen and oxygen atoms in total. The van der Waals surface area contributed by atoms with E-state index in [0.717, 1.165) is 36.3 Å². The van der Waals surface area contributed by atoms with Crippen molar-refractivity contribution in [1.29, 1.82) is 0 Å². The third kappa shape index (κ3) is 3.20. The van der Waals surface area contributed by atoms with E-state index in [9.17, 15) is 9.90 Å². The van der Waals surface area contributed by atoms with Gasteiger partial charge in [0.05, 0.1) is 25.3 Å². The Kier molecular flexibility index (Phi) is 4.95. The molecular formula is C24H28N4O3. The van der Waals surface area contributed by atoms with Gasteiger partial charge in [0.2, 0.25) is 0 Å². The van der Waals surface area contributed by atoms with Gasteiger partial charge in [-0.3, -0.25) is 14.7 Å². The molecule has 1 saturated heterocycles. The van der Waals surface area contributed by atoms with Gasteiger partial charge in [-0.25, -0.2) is 0 Å². The minimum absolute atomic E-state index is 0.0456. The second-order valence-corrected chi connectivity index (χ2v) is 8.75. The van der Waals surface area contributed by atoms with Crippen LogP contribution in [0.15, 0.2) is 42.7 Å². The number of aliphatic hydroxyl groups excluding tert-OH is 1. The van der Waals surface area contributed by atoms with Gasteiger partial charge in [-0.15, -0.1) is 0 Å². The van der Waals surface area contributed by atoms with E-state index in [1.54, 1.807) is 25.6 Å². The van der Waals surface area contributed by atoms with Crippen molar-refractivity contribution in [3.05, 3.63) is 59.5 Å². The van der Waals surface area contributed by atoms with Crippen LogP contribution in [0.5, 0.6) is 5.75 Å². The number of methoxy groups -OCH3 is 1. The zero-order chi connectivity index (χ0) is 21.6. The number of carbonyl (C=O) groups excluding carboxylic acids is 1. The molecule has 1 atom stereocenters. The minimum atomic E-state index is -0.0612. The summed E-state index contributed by atoms with van der Waals surface area (Å²) in [4.78, 5) is 24.8. The molecule has 1 amide bonds. The maximum Gasteiger partial charge on any atom is 0.255 e. The molecule has 0 aliphatic carbocycles. The summed E-state index contributed by atoms with van der Waals surface area (Å²) in [6, 6.07) is 9.71. The topological polar surface area (TPSA) is 81.7 Å². The highest BCUT2D eigenvalue weighted by molar-refractivity contribution is 5.94. The Morgan fingerprint density at radius 2 is 2.13 bits per heavy atom. The van der Waals surface area contributed by atoms with Crippen LogP contribution in [0.3, 0.4) is 0 Å². The molecule has 3 aromatic rings. The van der Waals surface area contributed by atoms with E-state index in [1.807, 2.05) is 23.1 Å². The lowest BCUT2D eigenvalue weighted by molar-refractivity contribution is 0.0513. The molecule has 1 aromatic carbocycles. The summed E-state index contributed by atoms with van der Waals surface area (Å²) >= 11 is 0. The number of aliphatic hydroxyl groups is 1. The number of likely N-dealkylation sites (N-methyl/N-ethyl adjacent to an activating group) is 1. The molecular weight excluding hydrogens is 392 g/mol. The van der Waals surface area contributed by atoms with Gasteiger partial charge in [0.15, 0.2) is 0 Å². The summed E-state index contributed by atoms with van der Waals surface area (Å²) in [6.45, 7) is 2.33. The van der Waals surface area contributed by atoms with Crippen molar-refractivity contribution in [2.24, 2.45) is 0 Å². The average molecular weight is 421 g/mol. The van der Waals surface area contributed by atoms with E-state index in [0.29, 0.717) is 18.7 Å². The summed E-state index contributed by atoms with van der Waals surface area (Å²) < 4.78 is 5.42. The van der Waals surface area contributed by atoms with E-state index < -0.39 is 0 Å². The number of aromatic amines is 1. The largest absolute Gasteiger partial charge is 0.497 e. The van der Waals surface area contributed by atoms with Gasteiger partial charge in [-0.1, -0.05) is 0 Å². The quantitative estimate of drug-likeness (QED) is 0.681. The van der Waals surface area contributed by atoms with Crippen LogP contribution in [0.25, 0.3) is 10.9 Å². The molecule has 7 heteroatoms. The summed E-state index contributed by atoms with van der Waals surface area (Å²) in [7, 11) is 3.75. The maximum absolute atomic E-state index is 12.9. The first kappa shape index (κ1) is 20.0. The van der Waals surface area contributed by atoms with E-state index in [4.69, 9.17) is 4.74 Å². The molecule has 1 fully saturated rings. The predicted octanol–water partition coefficient (Wildman–Crippen LogP) is 2.72. The molecule has 0 radical (unpaired) electrons. The lowest BCUT2D eigenvalue weighted by atomic mass is 9.68. The van der Waals surface area contributed by atoms with Crippen molar-refractivity contribution in [3.63, 3.8) is 0 Å². The molecule has 5 rings (SSSR count). The first-order valence-corrected chi connectivity index (χ1v) is 10.8. The molecule has 0 bridgehead atoms. The van der Waals surface area contributed by atoms with Crippen molar-refractivity contribution < 1.29 is 14.6 Å². The zero-order valence-corrected chi connectivity index (χ0v) is 18.0. The number of aromatic nitrogens is 2. The second-order valence-electron chi connectivity index (χ2n) is 8.75. The van der Waals surface area contributed by atoms with E-state index in [-0.39, 0.29) is 24.0 Å². The summed E-state index contributed by atoms with van der Waals surface area (Å²) in [5.41, 5.74) is 4.00. The number of rotatable bonds is 3. The van der Waals surface area contributed by atoms with Crippen molar-refractivity contribution in [2.75, 3.05) is 40.4 Å². The van der Waals surface area contributed by atoms with Crippen LogP contribution in [0.1, 0.15) is 40.5 Å². The highest BCUT2D eigenvalue weighted by Crippen LogP contribution is 2.48. The Morgan fingerprint density at radius 3 is 2.81 bits per heavy atom. The molecule has 31 heavy (non-hydrogen) atoms. The number of nitrogens with one attached hydrogen (secondary N) is 1. The number of likely N-dealkylation sites (tertiary alicyclic amines) is 1. The van der Waals surface area contributed by atoms with Gasteiger partial charge in [-0.05, 0) is 49.7 Å². The number of carbonyl (C=O) groups is 1. The van der Waals surface area contributed by atoms with Crippen molar-refractivity contribution in [2.45, 2.75) is 24.3 Å².